The molecule has 0 bridgehead atoms. The first-order chi connectivity index (χ1) is 8.61. The first-order valence-electron chi connectivity index (χ1n) is 6.47. The minimum Gasteiger partial charge on any atom is -0.356 e. The maximum absolute atomic E-state index is 4.44. The van der Waals surface area contributed by atoms with E-state index < -0.39 is 0 Å². The van der Waals surface area contributed by atoms with Crippen LogP contribution in [0.3, 0.4) is 0 Å². The van der Waals surface area contributed by atoms with Crippen molar-refractivity contribution in [3.63, 3.8) is 0 Å². The molecular weight excluding hydrogens is 371 g/mol. The number of nitrogens with one attached hydrogen (secondary N) is 2. The van der Waals surface area contributed by atoms with Crippen molar-refractivity contribution in [1.29, 1.82) is 0 Å². The highest BCUT2D eigenvalue weighted by molar-refractivity contribution is 14.0. The Balaban J connectivity index is 0.00000324. The van der Waals surface area contributed by atoms with Crippen molar-refractivity contribution in [2.75, 3.05) is 20.1 Å². The summed E-state index contributed by atoms with van der Waals surface area (Å²) in [5, 5.41) is 9.86. The number of nitrogens with zero attached hydrogens (tertiary/aromatic N) is 2. The largest absolute Gasteiger partial charge is 0.356 e. The molecule has 110 valence electrons. The second kappa shape index (κ2) is 10.4. The summed E-state index contributed by atoms with van der Waals surface area (Å²) in [4.78, 5) is 8.63. The topological polar surface area (TPSA) is 49.3 Å². The zero-order chi connectivity index (χ0) is 13.4. The van der Waals surface area contributed by atoms with Crippen molar-refractivity contribution in [3.05, 3.63) is 16.1 Å². The number of thiazole rings is 1. The van der Waals surface area contributed by atoms with Gasteiger partial charge in [-0.3, -0.25) is 4.99 Å². The lowest BCUT2D eigenvalue weighted by Crippen LogP contribution is -2.39. The molecule has 0 fully saturated rings. The molecule has 0 saturated heterocycles. The number of halogens is 1. The SMILES string of the molecule is CN=C(NCCc1csc(C)n1)NCCC(C)C.I. The van der Waals surface area contributed by atoms with E-state index in [1.54, 1.807) is 18.4 Å². The molecule has 0 unspecified atom stereocenters. The number of aromatic nitrogens is 1. The molecule has 0 aliphatic heterocycles. The summed E-state index contributed by atoms with van der Waals surface area (Å²) >= 11 is 1.70. The van der Waals surface area contributed by atoms with Crippen LogP contribution in [0.1, 0.15) is 31.0 Å². The van der Waals surface area contributed by atoms with Gasteiger partial charge in [0, 0.05) is 31.9 Å². The maximum Gasteiger partial charge on any atom is 0.190 e. The Hall–Kier alpha value is -0.370. The molecule has 0 aliphatic rings. The summed E-state index contributed by atoms with van der Waals surface area (Å²) in [6.45, 7) is 8.32. The van der Waals surface area contributed by atoms with Crippen LogP contribution in [-0.2, 0) is 6.42 Å². The number of aryl methyl sites for hydroxylation is 1. The number of guanidine groups is 1. The fourth-order valence-corrected chi connectivity index (χ4v) is 2.18. The fourth-order valence-electron chi connectivity index (χ4n) is 1.53. The molecule has 0 saturated carbocycles. The Bertz CT molecular complexity index is 376. The second-order valence-corrected chi connectivity index (χ2v) is 5.78. The van der Waals surface area contributed by atoms with E-state index in [9.17, 15) is 0 Å². The molecule has 1 aromatic rings. The van der Waals surface area contributed by atoms with Crippen LogP contribution in [0, 0.1) is 12.8 Å². The molecule has 0 spiro atoms. The van der Waals surface area contributed by atoms with Crippen molar-refractivity contribution in [1.82, 2.24) is 15.6 Å². The molecule has 1 heterocycles. The number of hydrogen-bond donors (Lipinski definition) is 2. The van der Waals surface area contributed by atoms with E-state index in [1.807, 2.05) is 6.92 Å². The lowest BCUT2D eigenvalue weighted by Gasteiger charge is -2.12. The molecule has 2 N–H and O–H groups in total. The van der Waals surface area contributed by atoms with Crippen LogP contribution >= 0.6 is 35.3 Å². The highest BCUT2D eigenvalue weighted by Crippen LogP contribution is 2.07. The fraction of sp³-hybridized carbons (Fsp3) is 0.692. The molecule has 19 heavy (non-hydrogen) atoms. The van der Waals surface area contributed by atoms with E-state index in [2.05, 4.69) is 39.8 Å². The predicted molar refractivity (Wildman–Crippen MR) is 94.8 cm³/mol. The average molecular weight is 396 g/mol. The quantitative estimate of drug-likeness (QED) is 0.442. The second-order valence-electron chi connectivity index (χ2n) is 4.72. The number of hydrogen-bond acceptors (Lipinski definition) is 3. The Morgan fingerprint density at radius 1 is 1.37 bits per heavy atom. The molecule has 0 radical (unpaired) electrons. The lowest BCUT2D eigenvalue weighted by atomic mass is 10.1. The first kappa shape index (κ1) is 18.6. The van der Waals surface area contributed by atoms with Gasteiger partial charge in [0.2, 0.25) is 0 Å². The van der Waals surface area contributed by atoms with Gasteiger partial charge in [0.25, 0.3) is 0 Å². The number of rotatable bonds is 6. The molecule has 0 aromatic carbocycles. The molecule has 1 rings (SSSR count). The zero-order valence-corrected chi connectivity index (χ0v) is 15.3. The summed E-state index contributed by atoms with van der Waals surface area (Å²) in [5.41, 5.74) is 1.16. The highest BCUT2D eigenvalue weighted by Gasteiger charge is 2.00. The summed E-state index contributed by atoms with van der Waals surface area (Å²) < 4.78 is 0. The van der Waals surface area contributed by atoms with Crippen LogP contribution in [-0.4, -0.2) is 31.1 Å². The monoisotopic (exact) mass is 396 g/mol. The third-order valence-electron chi connectivity index (χ3n) is 2.58. The normalized spacial score (nSPS) is 11.3. The maximum atomic E-state index is 4.44. The Kier molecular flexibility index (Phi) is 10.2. The van der Waals surface area contributed by atoms with E-state index in [4.69, 9.17) is 0 Å². The Morgan fingerprint density at radius 3 is 2.58 bits per heavy atom. The molecule has 6 heteroatoms. The van der Waals surface area contributed by atoms with Crippen molar-refractivity contribution in [2.24, 2.45) is 10.9 Å². The van der Waals surface area contributed by atoms with E-state index in [1.165, 1.54) is 0 Å². The molecule has 4 nitrogen and oxygen atoms in total. The van der Waals surface area contributed by atoms with Crippen LogP contribution in [0.5, 0.6) is 0 Å². The summed E-state index contributed by atoms with van der Waals surface area (Å²) in [7, 11) is 1.80. The van der Waals surface area contributed by atoms with Crippen molar-refractivity contribution in [2.45, 2.75) is 33.6 Å². The molecule has 1 aromatic heterocycles. The minimum absolute atomic E-state index is 0. The third kappa shape index (κ3) is 8.41. The van der Waals surface area contributed by atoms with Crippen LogP contribution in [0.2, 0.25) is 0 Å². The third-order valence-corrected chi connectivity index (χ3v) is 3.40. The van der Waals surface area contributed by atoms with Crippen LogP contribution < -0.4 is 10.6 Å². The summed E-state index contributed by atoms with van der Waals surface area (Å²) in [6, 6.07) is 0. The minimum atomic E-state index is 0. The van der Waals surface area contributed by atoms with Crippen molar-refractivity contribution >= 4 is 41.3 Å². The Morgan fingerprint density at radius 2 is 2.05 bits per heavy atom. The average Bonchev–Trinajstić information content (AvgIpc) is 2.72. The summed E-state index contributed by atoms with van der Waals surface area (Å²) in [6.07, 6.45) is 2.10. The Labute approximate surface area is 137 Å². The molecular formula is C13H25IN4S. The predicted octanol–water partition coefficient (Wildman–Crippen LogP) is 2.82. The van der Waals surface area contributed by atoms with Gasteiger partial charge in [0.1, 0.15) is 0 Å². The van der Waals surface area contributed by atoms with Gasteiger partial charge < -0.3 is 10.6 Å². The van der Waals surface area contributed by atoms with Gasteiger partial charge in [-0.15, -0.1) is 35.3 Å². The van der Waals surface area contributed by atoms with E-state index >= 15 is 0 Å². The van der Waals surface area contributed by atoms with Gasteiger partial charge in [-0.05, 0) is 19.3 Å². The van der Waals surface area contributed by atoms with Crippen molar-refractivity contribution < 1.29 is 0 Å². The van der Waals surface area contributed by atoms with Gasteiger partial charge in [-0.2, -0.15) is 0 Å². The van der Waals surface area contributed by atoms with E-state index in [0.29, 0.717) is 5.92 Å². The van der Waals surface area contributed by atoms with Crippen LogP contribution in [0.4, 0.5) is 0 Å². The molecule has 0 atom stereocenters. The van der Waals surface area contributed by atoms with E-state index in [-0.39, 0.29) is 24.0 Å². The smallest absolute Gasteiger partial charge is 0.190 e. The highest BCUT2D eigenvalue weighted by atomic mass is 127. The van der Waals surface area contributed by atoms with Gasteiger partial charge in [-0.25, -0.2) is 4.98 Å². The van der Waals surface area contributed by atoms with Gasteiger partial charge in [0.05, 0.1) is 10.7 Å². The lowest BCUT2D eigenvalue weighted by molar-refractivity contribution is 0.573. The number of aliphatic imine (C=N–C) groups is 1. The summed E-state index contributed by atoms with van der Waals surface area (Å²) in [5.74, 6) is 1.59. The first-order valence-corrected chi connectivity index (χ1v) is 7.35. The van der Waals surface area contributed by atoms with Gasteiger partial charge in [0.15, 0.2) is 5.96 Å². The van der Waals surface area contributed by atoms with Crippen LogP contribution in [0.15, 0.2) is 10.4 Å². The van der Waals surface area contributed by atoms with Crippen LogP contribution in [0.25, 0.3) is 0 Å². The molecule has 0 aliphatic carbocycles. The van der Waals surface area contributed by atoms with Crippen molar-refractivity contribution in [3.8, 4) is 0 Å². The van der Waals surface area contributed by atoms with E-state index in [0.717, 1.165) is 42.6 Å². The zero-order valence-electron chi connectivity index (χ0n) is 12.2. The molecule has 0 amide bonds. The standard InChI is InChI=1S/C13H24N4S.HI/c1-10(2)5-7-15-13(14-4)16-8-6-12-9-18-11(3)17-12;/h9-10H,5-8H2,1-4H3,(H2,14,15,16);1H. The van der Waals surface area contributed by atoms with Gasteiger partial charge >= 0.3 is 0 Å². The van der Waals surface area contributed by atoms with Gasteiger partial charge in [-0.1, -0.05) is 13.8 Å².